The lowest BCUT2D eigenvalue weighted by molar-refractivity contribution is -0.117. The number of nitrogens with zero attached hydrogens (tertiary/aromatic N) is 4. The highest BCUT2D eigenvalue weighted by atomic mass is 32.1. The van der Waals surface area contributed by atoms with Gasteiger partial charge in [-0.2, -0.15) is 0 Å². The lowest BCUT2D eigenvalue weighted by Crippen LogP contribution is -2.40. The van der Waals surface area contributed by atoms with E-state index in [1.54, 1.807) is 12.4 Å². The van der Waals surface area contributed by atoms with Crippen LogP contribution in [0, 0.1) is 5.92 Å². The van der Waals surface area contributed by atoms with Gasteiger partial charge in [0.15, 0.2) is 11.5 Å². The zero-order chi connectivity index (χ0) is 19.1. The summed E-state index contributed by atoms with van der Waals surface area (Å²) >= 11 is 1.42. The van der Waals surface area contributed by atoms with Crippen molar-refractivity contribution in [2.75, 3.05) is 31.6 Å². The minimum Gasteiger partial charge on any atom is -0.378 e. The van der Waals surface area contributed by atoms with Gasteiger partial charge in [-0.3, -0.25) is 14.6 Å². The number of aromatic nitrogens is 3. The van der Waals surface area contributed by atoms with Crippen molar-refractivity contribution in [3.05, 3.63) is 34.9 Å². The molecule has 0 radical (unpaired) electrons. The first-order chi connectivity index (χ1) is 13.7. The van der Waals surface area contributed by atoms with Gasteiger partial charge in [-0.25, -0.2) is 4.98 Å². The Morgan fingerprint density at radius 3 is 2.82 bits per heavy atom. The maximum Gasteiger partial charge on any atom is 0.264 e. The number of anilines is 1. The molecule has 3 aromatic rings. The highest BCUT2D eigenvalue weighted by molar-refractivity contribution is 7.12. The van der Waals surface area contributed by atoms with Crippen LogP contribution in [-0.2, 0) is 9.53 Å². The second-order valence-corrected chi connectivity index (χ2v) is 7.94. The van der Waals surface area contributed by atoms with Gasteiger partial charge in [-0.1, -0.05) is 0 Å². The summed E-state index contributed by atoms with van der Waals surface area (Å²) < 4.78 is 7.15. The smallest absolute Gasteiger partial charge is 0.264 e. The molecule has 1 saturated carbocycles. The minimum absolute atomic E-state index is 0.0284. The topological polar surface area (TPSA) is 88.8 Å². The number of hydrogen-bond acceptors (Lipinski definition) is 6. The van der Waals surface area contributed by atoms with Gasteiger partial charge in [0.05, 0.1) is 36.2 Å². The van der Waals surface area contributed by atoms with Crippen LogP contribution in [-0.4, -0.2) is 57.4 Å². The van der Waals surface area contributed by atoms with Gasteiger partial charge in [0.1, 0.15) is 0 Å². The molecule has 1 N–H and O–H groups in total. The van der Waals surface area contributed by atoms with Crippen molar-refractivity contribution in [1.82, 2.24) is 19.3 Å². The lowest BCUT2D eigenvalue weighted by Gasteiger charge is -2.26. The summed E-state index contributed by atoms with van der Waals surface area (Å²) in [7, 11) is 0. The molecule has 0 atom stereocenters. The van der Waals surface area contributed by atoms with Crippen LogP contribution in [0.25, 0.3) is 16.9 Å². The summed E-state index contributed by atoms with van der Waals surface area (Å²) in [4.78, 5) is 35.9. The Hall–Kier alpha value is -2.78. The fourth-order valence-electron chi connectivity index (χ4n) is 3.19. The van der Waals surface area contributed by atoms with Crippen molar-refractivity contribution in [2.45, 2.75) is 12.8 Å². The van der Waals surface area contributed by atoms with Crippen molar-refractivity contribution in [3.8, 4) is 11.3 Å². The number of carbonyl (C=O) groups is 2. The summed E-state index contributed by atoms with van der Waals surface area (Å²) in [6.07, 6.45) is 7.22. The van der Waals surface area contributed by atoms with Crippen molar-refractivity contribution in [2.24, 2.45) is 5.92 Å². The molecule has 0 bridgehead atoms. The Labute approximate surface area is 165 Å². The quantitative estimate of drug-likeness (QED) is 0.730. The number of thiophene rings is 1. The fraction of sp³-hybridized carbons (Fsp3) is 0.368. The van der Waals surface area contributed by atoms with Crippen LogP contribution in [0.15, 0.2) is 30.0 Å². The monoisotopic (exact) mass is 397 g/mol. The Morgan fingerprint density at radius 1 is 1.21 bits per heavy atom. The van der Waals surface area contributed by atoms with Crippen molar-refractivity contribution in [1.29, 1.82) is 0 Å². The molecule has 4 heterocycles. The van der Waals surface area contributed by atoms with Crippen LogP contribution in [0.5, 0.6) is 0 Å². The van der Waals surface area contributed by atoms with E-state index in [4.69, 9.17) is 4.74 Å². The second-order valence-electron chi connectivity index (χ2n) is 7.03. The molecule has 144 valence electrons. The Kier molecular flexibility index (Phi) is 4.33. The summed E-state index contributed by atoms with van der Waals surface area (Å²) in [5, 5.41) is 4.79. The summed E-state index contributed by atoms with van der Waals surface area (Å²) in [6, 6.07) is 1.88. The van der Waals surface area contributed by atoms with Gasteiger partial charge in [0.25, 0.3) is 5.91 Å². The lowest BCUT2D eigenvalue weighted by atomic mass is 10.2. The first-order valence-electron chi connectivity index (χ1n) is 9.29. The van der Waals surface area contributed by atoms with Crippen LogP contribution >= 0.6 is 11.3 Å². The molecule has 3 aromatic heterocycles. The molecule has 1 saturated heterocycles. The Balaban J connectivity index is 1.36. The molecule has 9 heteroatoms. The summed E-state index contributed by atoms with van der Waals surface area (Å²) in [6.45, 7) is 2.42. The molecule has 0 unspecified atom stereocenters. The van der Waals surface area contributed by atoms with Crippen molar-refractivity contribution in [3.63, 3.8) is 0 Å². The Morgan fingerprint density at radius 2 is 2.04 bits per heavy atom. The van der Waals surface area contributed by atoms with E-state index in [2.05, 4.69) is 15.3 Å². The van der Waals surface area contributed by atoms with Crippen molar-refractivity contribution < 1.29 is 14.3 Å². The average Bonchev–Trinajstić information content (AvgIpc) is 3.32. The number of ether oxygens (including phenoxy) is 1. The second kappa shape index (κ2) is 6.99. The van der Waals surface area contributed by atoms with E-state index in [0.717, 1.165) is 24.1 Å². The molecule has 0 spiro atoms. The first kappa shape index (κ1) is 17.3. The number of nitrogens with one attached hydrogen (secondary N) is 1. The van der Waals surface area contributed by atoms with E-state index < -0.39 is 0 Å². The standard InChI is InChI=1S/C19H19N5O3S/c25-18(12-1-2-12)22-16-10-24-9-14(20-8-17(24)21-16)13-7-15(28-11-13)19(26)23-3-5-27-6-4-23/h7-12H,1-6H2,(H,22,25). The molecular formula is C19H19N5O3S. The number of hydrogen-bond donors (Lipinski definition) is 1. The number of morpholine rings is 1. The summed E-state index contributed by atoms with van der Waals surface area (Å²) in [5.41, 5.74) is 2.30. The van der Waals surface area contributed by atoms with Crippen LogP contribution in [0.1, 0.15) is 22.5 Å². The number of fused-ring (bicyclic) bond motifs is 1. The fourth-order valence-corrected chi connectivity index (χ4v) is 4.05. The number of amides is 2. The SMILES string of the molecule is O=C(Nc1cn2cc(-c3csc(C(=O)N4CCOCC4)c3)ncc2n1)C1CC1. The third kappa shape index (κ3) is 3.38. The van der Waals surface area contributed by atoms with E-state index in [1.807, 2.05) is 26.9 Å². The maximum absolute atomic E-state index is 12.6. The van der Waals surface area contributed by atoms with Gasteiger partial charge in [0, 0.05) is 36.1 Å². The van der Waals surface area contributed by atoms with Crippen LogP contribution in [0.3, 0.4) is 0 Å². The molecule has 5 rings (SSSR count). The minimum atomic E-state index is 0.0284. The molecule has 2 aliphatic rings. The summed E-state index contributed by atoms with van der Waals surface area (Å²) in [5.74, 6) is 0.727. The molecule has 2 amide bonds. The molecule has 8 nitrogen and oxygen atoms in total. The van der Waals surface area contributed by atoms with Crippen LogP contribution in [0.4, 0.5) is 5.82 Å². The number of carbonyl (C=O) groups excluding carboxylic acids is 2. The average molecular weight is 397 g/mol. The first-order valence-corrected chi connectivity index (χ1v) is 10.2. The zero-order valence-corrected chi connectivity index (χ0v) is 15.9. The van der Waals surface area contributed by atoms with E-state index in [9.17, 15) is 9.59 Å². The van der Waals surface area contributed by atoms with Gasteiger partial charge < -0.3 is 19.4 Å². The molecular weight excluding hydrogens is 378 g/mol. The van der Waals surface area contributed by atoms with E-state index in [-0.39, 0.29) is 17.7 Å². The van der Waals surface area contributed by atoms with E-state index >= 15 is 0 Å². The molecule has 1 aliphatic heterocycles. The van der Waals surface area contributed by atoms with Crippen LogP contribution in [0.2, 0.25) is 0 Å². The van der Waals surface area contributed by atoms with Gasteiger partial charge in [-0.15, -0.1) is 11.3 Å². The van der Waals surface area contributed by atoms with Gasteiger partial charge in [0.2, 0.25) is 5.91 Å². The van der Waals surface area contributed by atoms with Gasteiger partial charge in [-0.05, 0) is 18.9 Å². The number of rotatable bonds is 4. The Bertz CT molecular complexity index is 1050. The highest BCUT2D eigenvalue weighted by Gasteiger charge is 2.30. The van der Waals surface area contributed by atoms with Crippen molar-refractivity contribution >= 4 is 34.6 Å². The molecule has 0 aromatic carbocycles. The third-order valence-electron chi connectivity index (χ3n) is 4.95. The maximum atomic E-state index is 12.6. The third-order valence-corrected chi connectivity index (χ3v) is 5.86. The highest BCUT2D eigenvalue weighted by Crippen LogP contribution is 2.30. The zero-order valence-electron chi connectivity index (χ0n) is 15.1. The predicted octanol–water partition coefficient (Wildman–Crippen LogP) is 2.28. The van der Waals surface area contributed by atoms with Gasteiger partial charge >= 0.3 is 0 Å². The molecule has 2 fully saturated rings. The molecule has 28 heavy (non-hydrogen) atoms. The largest absolute Gasteiger partial charge is 0.378 e. The number of imidazole rings is 1. The predicted molar refractivity (Wildman–Crippen MR) is 104 cm³/mol. The van der Waals surface area contributed by atoms with Crippen LogP contribution < -0.4 is 5.32 Å². The normalized spacial score (nSPS) is 17.1. The molecule has 1 aliphatic carbocycles. The van der Waals surface area contributed by atoms with E-state index in [0.29, 0.717) is 42.6 Å². The van der Waals surface area contributed by atoms with E-state index in [1.165, 1.54) is 11.3 Å².